The van der Waals surface area contributed by atoms with Gasteiger partial charge in [-0.05, 0) is 32.0 Å². The van der Waals surface area contributed by atoms with Gasteiger partial charge < -0.3 is 9.30 Å². The fourth-order valence-electron chi connectivity index (χ4n) is 3.95. The normalized spacial score (nSPS) is 12.2. The second-order valence-electron chi connectivity index (χ2n) is 7.69. The first-order valence-corrected chi connectivity index (χ1v) is 9.96. The summed E-state index contributed by atoms with van der Waals surface area (Å²) in [7, 11) is 1.79. The van der Waals surface area contributed by atoms with Crippen LogP contribution in [0.1, 0.15) is 63.9 Å². The molecule has 0 unspecified atom stereocenters. The second kappa shape index (κ2) is 7.94. The summed E-state index contributed by atoms with van der Waals surface area (Å²) < 4.78 is 6.87. The zero-order chi connectivity index (χ0) is 24.0. The summed E-state index contributed by atoms with van der Waals surface area (Å²) in [4.78, 5) is 62.0. The molecule has 9 heteroatoms. The third kappa shape index (κ3) is 3.43. The van der Waals surface area contributed by atoms with Crippen LogP contribution in [0.25, 0.3) is 0 Å². The van der Waals surface area contributed by atoms with Crippen LogP contribution in [0.4, 0.5) is 5.69 Å². The van der Waals surface area contributed by atoms with E-state index in [1.54, 1.807) is 26.1 Å². The van der Waals surface area contributed by atoms with Gasteiger partial charge in [0, 0.05) is 40.7 Å². The maximum absolute atomic E-state index is 13.0. The number of carbonyl (C=O) groups excluding carboxylic acids is 4. The molecule has 0 amide bonds. The summed E-state index contributed by atoms with van der Waals surface area (Å²) >= 11 is 0. The van der Waals surface area contributed by atoms with Gasteiger partial charge in [0.05, 0.1) is 4.92 Å². The van der Waals surface area contributed by atoms with Crippen LogP contribution in [0, 0.1) is 24.0 Å². The molecular weight excluding hydrogens is 428 g/mol. The minimum absolute atomic E-state index is 0.0220. The van der Waals surface area contributed by atoms with Crippen LogP contribution in [0.3, 0.4) is 0 Å². The minimum atomic E-state index is -1.14. The lowest BCUT2D eigenvalue weighted by molar-refractivity contribution is -0.385. The Kier molecular flexibility index (Phi) is 5.25. The predicted octanol–water partition coefficient (Wildman–Crippen LogP) is 3.37. The summed E-state index contributed by atoms with van der Waals surface area (Å²) in [5, 5.41) is 11.9. The van der Waals surface area contributed by atoms with Gasteiger partial charge in [-0.2, -0.15) is 0 Å². The van der Waals surface area contributed by atoms with E-state index in [1.807, 2.05) is 11.5 Å². The van der Waals surface area contributed by atoms with Crippen molar-refractivity contribution in [2.24, 2.45) is 7.05 Å². The predicted molar refractivity (Wildman–Crippen MR) is 116 cm³/mol. The molecule has 0 atom stereocenters. The molecule has 0 saturated heterocycles. The Morgan fingerprint density at radius 3 is 2.18 bits per heavy atom. The first kappa shape index (κ1) is 21.8. The van der Waals surface area contributed by atoms with Gasteiger partial charge in [0.15, 0.2) is 12.4 Å². The molecule has 0 bridgehead atoms. The summed E-state index contributed by atoms with van der Waals surface area (Å²) in [6, 6.07) is 9.92. The van der Waals surface area contributed by atoms with E-state index in [0.717, 1.165) is 11.8 Å². The molecule has 1 heterocycles. The highest BCUT2D eigenvalue weighted by Gasteiger charge is 2.39. The Labute approximate surface area is 187 Å². The van der Waals surface area contributed by atoms with Crippen LogP contribution in [0.2, 0.25) is 0 Å². The summed E-state index contributed by atoms with van der Waals surface area (Å²) in [6.07, 6.45) is 0. The molecule has 0 N–H and O–H groups in total. The van der Waals surface area contributed by atoms with Gasteiger partial charge >= 0.3 is 5.97 Å². The van der Waals surface area contributed by atoms with Gasteiger partial charge in [-0.1, -0.05) is 24.3 Å². The number of nitro benzene ring substituents is 1. The first-order chi connectivity index (χ1) is 15.6. The Morgan fingerprint density at radius 2 is 1.61 bits per heavy atom. The number of ketones is 3. The number of benzene rings is 2. The Balaban J connectivity index is 1.69. The van der Waals surface area contributed by atoms with E-state index < -0.39 is 51.7 Å². The van der Waals surface area contributed by atoms with Gasteiger partial charge in [-0.25, -0.2) is 4.79 Å². The highest BCUT2D eigenvalue weighted by molar-refractivity contribution is 6.30. The number of hydrogen-bond acceptors (Lipinski definition) is 7. The van der Waals surface area contributed by atoms with Gasteiger partial charge in [0.25, 0.3) is 5.69 Å². The third-order valence-electron chi connectivity index (χ3n) is 5.88. The molecule has 1 aliphatic carbocycles. The van der Waals surface area contributed by atoms with Gasteiger partial charge in [0.1, 0.15) is 11.1 Å². The average Bonchev–Trinajstić information content (AvgIpc) is 3.07. The number of ether oxygens (including phenoxy) is 1. The van der Waals surface area contributed by atoms with Crippen molar-refractivity contribution in [2.75, 3.05) is 6.61 Å². The van der Waals surface area contributed by atoms with E-state index in [4.69, 9.17) is 4.74 Å². The smallest absolute Gasteiger partial charge is 0.345 e. The van der Waals surface area contributed by atoms with Crippen molar-refractivity contribution in [2.45, 2.75) is 13.8 Å². The molecule has 2 aromatic carbocycles. The average molecular weight is 446 g/mol. The number of aryl methyl sites for hydroxylation is 1. The van der Waals surface area contributed by atoms with E-state index in [0.29, 0.717) is 11.3 Å². The molecule has 4 rings (SSSR count). The van der Waals surface area contributed by atoms with Crippen molar-refractivity contribution < 1.29 is 28.8 Å². The monoisotopic (exact) mass is 446 g/mol. The molecule has 3 aromatic rings. The maximum Gasteiger partial charge on any atom is 0.345 e. The Hall–Kier alpha value is -4.40. The number of Topliss-reactive ketones (excluding diaryl/α,β-unsaturated/α-hetero) is 1. The zero-order valence-electron chi connectivity index (χ0n) is 18.0. The van der Waals surface area contributed by atoms with Gasteiger partial charge in [-0.3, -0.25) is 24.5 Å². The van der Waals surface area contributed by atoms with Gasteiger partial charge in [-0.15, -0.1) is 0 Å². The molecule has 1 aromatic heterocycles. The van der Waals surface area contributed by atoms with Crippen molar-refractivity contribution in [1.82, 2.24) is 4.57 Å². The van der Waals surface area contributed by atoms with Crippen LogP contribution in [-0.4, -0.2) is 39.4 Å². The molecule has 0 fully saturated rings. The standard InChI is InChI=1S/C24H18N2O7/c1-12-10-18(13(2)25(12)3)19(27)11-33-24(30)17-9-8-16-20(21(17)26(31)32)23(29)15-7-5-4-6-14(15)22(16)28/h4-10H,11H2,1-3H3. The number of nitrogens with zero attached hydrogens (tertiary/aromatic N) is 2. The molecular formula is C24H18N2O7. The van der Waals surface area contributed by atoms with Crippen molar-refractivity contribution in [3.05, 3.63) is 97.3 Å². The fourth-order valence-corrected chi connectivity index (χ4v) is 3.95. The largest absolute Gasteiger partial charge is 0.454 e. The van der Waals surface area contributed by atoms with E-state index in [2.05, 4.69) is 0 Å². The first-order valence-electron chi connectivity index (χ1n) is 9.96. The van der Waals surface area contributed by atoms with Crippen molar-refractivity contribution in [1.29, 1.82) is 0 Å². The number of nitro groups is 1. The molecule has 0 radical (unpaired) electrons. The van der Waals surface area contributed by atoms with E-state index in [-0.39, 0.29) is 16.7 Å². The molecule has 0 saturated carbocycles. The van der Waals surface area contributed by atoms with Crippen molar-refractivity contribution >= 4 is 29.0 Å². The van der Waals surface area contributed by atoms with Crippen LogP contribution in [0.15, 0.2) is 42.5 Å². The third-order valence-corrected chi connectivity index (χ3v) is 5.88. The number of fused-ring (bicyclic) bond motifs is 2. The lowest BCUT2D eigenvalue weighted by atomic mass is 9.82. The summed E-state index contributed by atoms with van der Waals surface area (Å²) in [6.45, 7) is 2.94. The Bertz CT molecular complexity index is 1400. The number of aromatic nitrogens is 1. The minimum Gasteiger partial charge on any atom is -0.454 e. The second-order valence-corrected chi connectivity index (χ2v) is 7.69. The fraction of sp³-hybridized carbons (Fsp3) is 0.167. The van der Waals surface area contributed by atoms with Crippen molar-refractivity contribution in [3.8, 4) is 0 Å². The molecule has 166 valence electrons. The summed E-state index contributed by atoms with van der Waals surface area (Å²) in [5.41, 5.74) is 0.129. The van der Waals surface area contributed by atoms with E-state index >= 15 is 0 Å². The van der Waals surface area contributed by atoms with Crippen LogP contribution in [-0.2, 0) is 11.8 Å². The van der Waals surface area contributed by atoms with Crippen LogP contribution < -0.4 is 0 Å². The maximum atomic E-state index is 13.0. The lowest BCUT2D eigenvalue weighted by Gasteiger charge is -2.18. The number of esters is 1. The number of rotatable bonds is 5. The van der Waals surface area contributed by atoms with Gasteiger partial charge in [0.2, 0.25) is 11.6 Å². The molecule has 9 nitrogen and oxygen atoms in total. The quantitative estimate of drug-likeness (QED) is 0.199. The topological polar surface area (TPSA) is 126 Å². The molecule has 0 aliphatic heterocycles. The van der Waals surface area contributed by atoms with Crippen molar-refractivity contribution in [3.63, 3.8) is 0 Å². The molecule has 1 aliphatic rings. The van der Waals surface area contributed by atoms with E-state index in [9.17, 15) is 29.3 Å². The van der Waals surface area contributed by atoms with Crippen LogP contribution in [0.5, 0.6) is 0 Å². The number of carbonyl (C=O) groups is 4. The zero-order valence-corrected chi connectivity index (χ0v) is 18.0. The molecule has 33 heavy (non-hydrogen) atoms. The number of hydrogen-bond donors (Lipinski definition) is 0. The Morgan fingerprint density at radius 1 is 0.970 bits per heavy atom. The highest BCUT2D eigenvalue weighted by Crippen LogP contribution is 2.35. The molecule has 0 spiro atoms. The van der Waals surface area contributed by atoms with Crippen LogP contribution >= 0.6 is 0 Å². The highest BCUT2D eigenvalue weighted by atomic mass is 16.6. The lowest BCUT2D eigenvalue weighted by Crippen LogP contribution is -2.24. The SMILES string of the molecule is Cc1cc(C(=O)COC(=O)c2ccc3c(c2[N+](=O)[O-])C(=O)c2ccccc2C3=O)c(C)n1C. The van der Waals surface area contributed by atoms with E-state index in [1.165, 1.54) is 24.3 Å². The summed E-state index contributed by atoms with van der Waals surface area (Å²) in [5.74, 6) is -2.88.